The monoisotopic (exact) mass is 479 g/mol. The minimum Gasteiger partial charge on any atom is -0.463 e. The van der Waals surface area contributed by atoms with Gasteiger partial charge in [-0.25, -0.2) is 9.48 Å². The summed E-state index contributed by atoms with van der Waals surface area (Å²) in [4.78, 5) is 28.2. The smallest absolute Gasteiger partial charge is 0.338 e. The normalized spacial score (nSPS) is 15.0. The van der Waals surface area contributed by atoms with Gasteiger partial charge in [-0.3, -0.25) is 10.1 Å². The average Bonchev–Trinajstić information content (AvgIpc) is 3.20. The quantitative estimate of drug-likeness (QED) is 0.219. The van der Waals surface area contributed by atoms with Crippen LogP contribution < -0.4 is 5.32 Å². The van der Waals surface area contributed by atoms with Crippen LogP contribution in [-0.4, -0.2) is 32.3 Å². The molecule has 0 spiro atoms. The highest BCUT2D eigenvalue weighted by molar-refractivity contribution is 7.98. The van der Waals surface area contributed by atoms with Crippen LogP contribution in [0.15, 0.2) is 58.9 Å². The fourth-order valence-corrected chi connectivity index (χ4v) is 4.81. The number of carbonyl (C=O) groups is 1. The maximum absolute atomic E-state index is 12.9. The summed E-state index contributed by atoms with van der Waals surface area (Å²) < 4.78 is 6.95. The number of ether oxygens (including phenoxy) is 1. The van der Waals surface area contributed by atoms with Crippen LogP contribution in [0.2, 0.25) is 0 Å². The molecule has 10 heteroatoms. The molecule has 0 saturated carbocycles. The van der Waals surface area contributed by atoms with E-state index >= 15 is 0 Å². The van der Waals surface area contributed by atoms with Gasteiger partial charge in [0.2, 0.25) is 11.1 Å². The lowest BCUT2D eigenvalue weighted by Gasteiger charge is -2.28. The number of non-ortho nitro benzene ring substituents is 1. The summed E-state index contributed by atoms with van der Waals surface area (Å²) in [7, 11) is 0. The van der Waals surface area contributed by atoms with Gasteiger partial charge >= 0.3 is 5.97 Å². The molecule has 1 N–H and O–H groups in total. The van der Waals surface area contributed by atoms with Crippen LogP contribution in [-0.2, 0) is 15.3 Å². The minimum atomic E-state index is -0.626. The number of benzene rings is 2. The first-order chi connectivity index (χ1) is 16.3. The molecule has 2 heterocycles. The summed E-state index contributed by atoms with van der Waals surface area (Å²) in [6, 6.07) is 11.8. The molecular formula is C24H25N5O4S. The lowest BCUT2D eigenvalue weighted by molar-refractivity contribution is -0.384. The molecule has 176 valence electrons. The Bertz CT molecular complexity index is 1280. The molecule has 0 bridgehead atoms. The number of allylic oxidation sites excluding steroid dienone is 1. The maximum atomic E-state index is 12.9. The number of aryl methyl sites for hydroxylation is 2. The fraction of sp³-hybridized carbons (Fsp3) is 0.292. The third kappa shape index (κ3) is 4.67. The zero-order chi connectivity index (χ0) is 24.4. The van der Waals surface area contributed by atoms with Gasteiger partial charge < -0.3 is 10.1 Å². The van der Waals surface area contributed by atoms with Gasteiger partial charge in [0.05, 0.1) is 17.1 Å². The molecule has 0 saturated heterocycles. The Hall–Kier alpha value is -3.66. The van der Waals surface area contributed by atoms with Crippen LogP contribution in [0.4, 0.5) is 11.6 Å². The molecule has 4 rings (SSSR count). The van der Waals surface area contributed by atoms with Crippen molar-refractivity contribution in [3.05, 3.63) is 86.1 Å². The molecule has 0 fully saturated rings. The molecule has 1 atom stereocenters. The molecule has 9 nitrogen and oxygen atoms in total. The second-order valence-corrected chi connectivity index (χ2v) is 8.96. The predicted molar refractivity (Wildman–Crippen MR) is 130 cm³/mol. The summed E-state index contributed by atoms with van der Waals surface area (Å²) in [6.07, 6.45) is 0. The molecule has 0 aliphatic carbocycles. The third-order valence-corrected chi connectivity index (χ3v) is 6.49. The summed E-state index contributed by atoms with van der Waals surface area (Å²) in [6.45, 7) is 7.90. The second-order valence-electron chi connectivity index (χ2n) is 8.02. The number of carbonyl (C=O) groups excluding carboxylic acids is 1. The molecule has 3 aromatic rings. The molecule has 2 aromatic carbocycles. The van der Waals surface area contributed by atoms with Crippen molar-refractivity contribution in [3.63, 3.8) is 0 Å². The number of fused-ring (bicyclic) bond motifs is 1. The minimum absolute atomic E-state index is 0.0282. The topological polar surface area (TPSA) is 112 Å². The highest BCUT2D eigenvalue weighted by atomic mass is 32.2. The number of rotatable bonds is 7. The van der Waals surface area contributed by atoms with E-state index in [1.54, 1.807) is 30.7 Å². The lowest BCUT2D eigenvalue weighted by atomic mass is 9.95. The number of nitrogens with zero attached hydrogens (tertiary/aromatic N) is 4. The molecule has 34 heavy (non-hydrogen) atoms. The molecule has 0 amide bonds. The number of nitrogens with one attached hydrogen (secondary N) is 1. The van der Waals surface area contributed by atoms with E-state index in [0.29, 0.717) is 33.7 Å². The number of hydrogen-bond acceptors (Lipinski definition) is 8. The van der Waals surface area contributed by atoms with E-state index in [4.69, 9.17) is 4.74 Å². The van der Waals surface area contributed by atoms with E-state index in [2.05, 4.69) is 47.4 Å². The Morgan fingerprint density at radius 2 is 1.94 bits per heavy atom. The first-order valence-electron chi connectivity index (χ1n) is 10.8. The van der Waals surface area contributed by atoms with Crippen molar-refractivity contribution in [1.82, 2.24) is 14.8 Å². The predicted octanol–water partition coefficient (Wildman–Crippen LogP) is 4.95. The number of thioether (sulfide) groups is 1. The van der Waals surface area contributed by atoms with Gasteiger partial charge in [-0.05, 0) is 56.5 Å². The van der Waals surface area contributed by atoms with Crippen molar-refractivity contribution in [3.8, 4) is 0 Å². The number of nitro groups is 1. The van der Waals surface area contributed by atoms with Crippen LogP contribution in [0.5, 0.6) is 0 Å². The highest BCUT2D eigenvalue weighted by Gasteiger charge is 2.35. The average molecular weight is 480 g/mol. The van der Waals surface area contributed by atoms with E-state index in [1.165, 1.54) is 40.6 Å². The Kier molecular flexibility index (Phi) is 6.69. The van der Waals surface area contributed by atoms with E-state index in [0.717, 1.165) is 0 Å². The van der Waals surface area contributed by atoms with Crippen molar-refractivity contribution < 1.29 is 14.5 Å². The molecule has 0 radical (unpaired) electrons. The molecular weight excluding hydrogens is 454 g/mol. The van der Waals surface area contributed by atoms with Crippen molar-refractivity contribution >= 4 is 29.4 Å². The summed E-state index contributed by atoms with van der Waals surface area (Å²) >= 11 is 1.50. The van der Waals surface area contributed by atoms with Gasteiger partial charge in [-0.15, -0.1) is 5.10 Å². The van der Waals surface area contributed by atoms with Crippen molar-refractivity contribution in [2.45, 2.75) is 44.6 Å². The molecule has 0 unspecified atom stereocenters. The van der Waals surface area contributed by atoms with Crippen LogP contribution in [0, 0.1) is 24.0 Å². The Morgan fingerprint density at radius 3 is 2.59 bits per heavy atom. The van der Waals surface area contributed by atoms with Gasteiger partial charge in [-0.1, -0.05) is 35.5 Å². The lowest BCUT2D eigenvalue weighted by Crippen LogP contribution is -2.29. The van der Waals surface area contributed by atoms with Crippen molar-refractivity contribution in [2.75, 3.05) is 11.9 Å². The number of aromatic nitrogens is 3. The Labute approximate surface area is 201 Å². The van der Waals surface area contributed by atoms with Gasteiger partial charge in [-0.2, -0.15) is 4.98 Å². The largest absolute Gasteiger partial charge is 0.463 e. The number of esters is 1. The van der Waals surface area contributed by atoms with Gasteiger partial charge in [0, 0.05) is 23.6 Å². The second kappa shape index (κ2) is 9.68. The summed E-state index contributed by atoms with van der Waals surface area (Å²) in [5, 5.41) is 19.5. The van der Waals surface area contributed by atoms with Crippen LogP contribution in [0.3, 0.4) is 0 Å². The number of nitro benzene ring substituents is 1. The fourth-order valence-electron chi connectivity index (χ4n) is 3.90. The summed E-state index contributed by atoms with van der Waals surface area (Å²) in [5.41, 5.74) is 5.26. The zero-order valence-electron chi connectivity index (χ0n) is 19.4. The standard InChI is InChI=1S/C24H25N5O4S/c1-5-33-22(30)20-16(4)25-23-26-24(34-13-18-7-6-14(2)12-15(18)3)27-28(23)21(20)17-8-10-19(11-9-17)29(31)32/h6-12,21H,5,13H2,1-4H3,(H,25,26,27)/t21-/m1/s1. The molecule has 1 aliphatic rings. The van der Waals surface area contributed by atoms with Crippen LogP contribution in [0.1, 0.15) is 42.1 Å². The van der Waals surface area contributed by atoms with Gasteiger partial charge in [0.15, 0.2) is 0 Å². The third-order valence-electron chi connectivity index (χ3n) is 5.60. The van der Waals surface area contributed by atoms with Gasteiger partial charge in [0.1, 0.15) is 6.04 Å². The van der Waals surface area contributed by atoms with Gasteiger partial charge in [0.25, 0.3) is 5.69 Å². The van der Waals surface area contributed by atoms with E-state index in [1.807, 2.05) is 0 Å². The van der Waals surface area contributed by atoms with E-state index < -0.39 is 16.9 Å². The van der Waals surface area contributed by atoms with Crippen LogP contribution in [0.25, 0.3) is 0 Å². The zero-order valence-corrected chi connectivity index (χ0v) is 20.2. The van der Waals surface area contributed by atoms with Crippen molar-refractivity contribution in [1.29, 1.82) is 0 Å². The van der Waals surface area contributed by atoms with E-state index in [-0.39, 0.29) is 12.3 Å². The maximum Gasteiger partial charge on any atom is 0.338 e. The van der Waals surface area contributed by atoms with Crippen molar-refractivity contribution in [2.24, 2.45) is 0 Å². The highest BCUT2D eigenvalue weighted by Crippen LogP contribution is 2.37. The number of hydrogen-bond donors (Lipinski definition) is 1. The SMILES string of the molecule is CCOC(=O)C1=C(C)Nc2nc(SCc3ccc(C)cc3C)nn2[C@@H]1c1ccc([N+](=O)[O-])cc1. The first kappa shape index (κ1) is 23.5. The van der Waals surface area contributed by atoms with Crippen LogP contribution >= 0.6 is 11.8 Å². The Morgan fingerprint density at radius 1 is 1.21 bits per heavy atom. The van der Waals surface area contributed by atoms with E-state index in [9.17, 15) is 14.9 Å². The number of anilines is 1. The first-order valence-corrected chi connectivity index (χ1v) is 11.8. The summed E-state index contributed by atoms with van der Waals surface area (Å²) in [5.74, 6) is 0.730. The molecule has 1 aliphatic heterocycles. The Balaban J connectivity index is 1.69. The molecule has 1 aromatic heterocycles.